The Morgan fingerprint density at radius 3 is 2.81 bits per heavy atom. The minimum atomic E-state index is -0.420. The summed E-state index contributed by atoms with van der Waals surface area (Å²) in [5, 5.41) is 12.8. The predicted octanol–water partition coefficient (Wildman–Crippen LogP) is 3.91. The number of rotatable bonds is 8. The van der Waals surface area contributed by atoms with Crippen LogP contribution in [-0.2, 0) is 6.54 Å². The molecule has 2 N–H and O–H groups in total. The quantitative estimate of drug-likeness (QED) is 0.603. The maximum Gasteiger partial charge on any atom is 0.203 e. The third kappa shape index (κ3) is 4.35. The van der Waals surface area contributed by atoms with E-state index in [9.17, 15) is 5.11 Å². The fourth-order valence-electron chi connectivity index (χ4n) is 2.94. The normalized spacial score (nSPS) is 12.3. The summed E-state index contributed by atoms with van der Waals surface area (Å²) >= 11 is 0. The third-order valence-corrected chi connectivity index (χ3v) is 4.34. The minimum Gasteiger partial charge on any atom is -0.493 e. The second kappa shape index (κ2) is 8.23. The molecule has 3 aromatic rings. The predicted molar refractivity (Wildman–Crippen MR) is 106 cm³/mol. The minimum absolute atomic E-state index is 0.420. The Labute approximate surface area is 154 Å². The average Bonchev–Trinajstić information content (AvgIpc) is 2.97. The van der Waals surface area contributed by atoms with E-state index in [0.717, 1.165) is 41.3 Å². The maximum absolute atomic E-state index is 9.55. The van der Waals surface area contributed by atoms with Gasteiger partial charge in [0.1, 0.15) is 5.75 Å². The molecule has 0 aliphatic carbocycles. The Kier molecular flexibility index (Phi) is 5.78. The fraction of sp³-hybridized carbons (Fsp3) is 0.381. The van der Waals surface area contributed by atoms with Crippen LogP contribution in [0.4, 0.5) is 5.95 Å². The van der Waals surface area contributed by atoms with Gasteiger partial charge in [-0.25, -0.2) is 4.98 Å². The van der Waals surface area contributed by atoms with Gasteiger partial charge in [0.2, 0.25) is 5.95 Å². The lowest BCUT2D eigenvalue weighted by Crippen LogP contribution is -2.18. The van der Waals surface area contributed by atoms with Crippen LogP contribution < -0.4 is 10.1 Å². The Hall–Kier alpha value is -2.53. The van der Waals surface area contributed by atoms with E-state index in [1.807, 2.05) is 18.2 Å². The molecular weight excluding hydrogens is 326 g/mol. The number of fused-ring (bicyclic) bond motifs is 1. The molecule has 1 heterocycles. The zero-order chi connectivity index (χ0) is 18.5. The van der Waals surface area contributed by atoms with Gasteiger partial charge in [-0.1, -0.05) is 24.3 Å². The van der Waals surface area contributed by atoms with Gasteiger partial charge in [0.05, 0.1) is 23.7 Å². The van der Waals surface area contributed by atoms with E-state index >= 15 is 0 Å². The van der Waals surface area contributed by atoms with E-state index < -0.39 is 6.10 Å². The van der Waals surface area contributed by atoms with E-state index in [0.29, 0.717) is 13.2 Å². The van der Waals surface area contributed by atoms with Gasteiger partial charge < -0.3 is 19.7 Å². The van der Waals surface area contributed by atoms with Crippen LogP contribution in [0.5, 0.6) is 5.75 Å². The number of para-hydroxylation sites is 2. The number of aliphatic hydroxyl groups is 1. The largest absolute Gasteiger partial charge is 0.493 e. The van der Waals surface area contributed by atoms with Gasteiger partial charge in [-0.2, -0.15) is 0 Å². The van der Waals surface area contributed by atoms with E-state index in [1.165, 1.54) is 5.56 Å². The Morgan fingerprint density at radius 1 is 1.19 bits per heavy atom. The standard InChI is InChI=1S/C21H27N3O2/c1-15-9-10-16(2)20(13-15)26-12-6-11-24-19-8-5-4-7-18(19)23-21(24)22-14-17(3)25/h4-5,7-10,13,17,25H,6,11-12,14H2,1-3H3,(H,22,23). The highest BCUT2D eigenvalue weighted by Crippen LogP contribution is 2.21. The maximum atomic E-state index is 9.55. The first-order valence-electron chi connectivity index (χ1n) is 9.12. The van der Waals surface area contributed by atoms with Crippen molar-refractivity contribution in [1.29, 1.82) is 0 Å². The monoisotopic (exact) mass is 353 g/mol. The van der Waals surface area contributed by atoms with Crippen molar-refractivity contribution in [2.24, 2.45) is 0 Å². The highest BCUT2D eigenvalue weighted by molar-refractivity contribution is 5.78. The summed E-state index contributed by atoms with van der Waals surface area (Å²) < 4.78 is 8.13. The zero-order valence-corrected chi connectivity index (χ0v) is 15.7. The molecule has 0 fully saturated rings. The van der Waals surface area contributed by atoms with Crippen LogP contribution in [0, 0.1) is 13.8 Å². The highest BCUT2D eigenvalue weighted by atomic mass is 16.5. The number of ether oxygens (including phenoxy) is 1. The first-order valence-corrected chi connectivity index (χ1v) is 9.12. The molecule has 26 heavy (non-hydrogen) atoms. The molecule has 0 saturated carbocycles. The number of nitrogens with one attached hydrogen (secondary N) is 1. The lowest BCUT2D eigenvalue weighted by molar-refractivity contribution is 0.208. The van der Waals surface area contributed by atoms with E-state index in [4.69, 9.17) is 4.74 Å². The summed E-state index contributed by atoms with van der Waals surface area (Å²) in [6.45, 7) is 7.82. The molecule has 0 spiro atoms. The summed E-state index contributed by atoms with van der Waals surface area (Å²) in [5.74, 6) is 1.74. The topological polar surface area (TPSA) is 59.3 Å². The number of aromatic nitrogens is 2. The number of benzene rings is 2. The van der Waals surface area contributed by atoms with Crippen molar-refractivity contribution in [3.63, 3.8) is 0 Å². The fourth-order valence-corrected chi connectivity index (χ4v) is 2.94. The van der Waals surface area contributed by atoms with E-state index in [1.54, 1.807) is 6.92 Å². The molecule has 1 atom stereocenters. The van der Waals surface area contributed by atoms with Gasteiger partial charge >= 0.3 is 0 Å². The van der Waals surface area contributed by atoms with Crippen LogP contribution in [-0.4, -0.2) is 33.9 Å². The first kappa shape index (κ1) is 18.3. The molecule has 0 saturated heterocycles. The number of hydrogen-bond donors (Lipinski definition) is 2. The number of aryl methyl sites for hydroxylation is 3. The molecule has 0 amide bonds. The molecule has 3 rings (SSSR count). The van der Waals surface area contributed by atoms with Gasteiger partial charge in [-0.3, -0.25) is 0 Å². The molecule has 138 valence electrons. The summed E-state index contributed by atoms with van der Waals surface area (Å²) in [7, 11) is 0. The van der Waals surface area contributed by atoms with Gasteiger partial charge in [-0.05, 0) is 56.5 Å². The lowest BCUT2D eigenvalue weighted by Gasteiger charge is -2.13. The van der Waals surface area contributed by atoms with Crippen LogP contribution in [0.25, 0.3) is 11.0 Å². The summed E-state index contributed by atoms with van der Waals surface area (Å²) in [5.41, 5.74) is 4.40. The van der Waals surface area contributed by atoms with Crippen molar-refractivity contribution >= 4 is 17.0 Å². The van der Waals surface area contributed by atoms with Crippen molar-refractivity contribution in [2.75, 3.05) is 18.5 Å². The molecular formula is C21H27N3O2. The smallest absolute Gasteiger partial charge is 0.203 e. The van der Waals surface area contributed by atoms with Gasteiger partial charge in [0.15, 0.2) is 0 Å². The van der Waals surface area contributed by atoms with Crippen LogP contribution in [0.2, 0.25) is 0 Å². The van der Waals surface area contributed by atoms with Crippen molar-refractivity contribution in [3.8, 4) is 5.75 Å². The Balaban J connectivity index is 1.67. The molecule has 5 nitrogen and oxygen atoms in total. The third-order valence-electron chi connectivity index (χ3n) is 4.34. The second-order valence-corrected chi connectivity index (χ2v) is 6.78. The van der Waals surface area contributed by atoms with E-state index in [2.05, 4.69) is 53.0 Å². The Morgan fingerprint density at radius 2 is 2.00 bits per heavy atom. The molecule has 0 aliphatic heterocycles. The molecule has 2 aromatic carbocycles. The Bertz CT molecular complexity index is 871. The summed E-state index contributed by atoms with van der Waals surface area (Å²) in [4.78, 5) is 4.65. The van der Waals surface area contributed by atoms with Crippen molar-refractivity contribution in [1.82, 2.24) is 9.55 Å². The molecule has 0 aliphatic rings. The first-order chi connectivity index (χ1) is 12.5. The number of nitrogens with zero attached hydrogens (tertiary/aromatic N) is 2. The molecule has 1 aromatic heterocycles. The SMILES string of the molecule is Cc1ccc(C)c(OCCCn2c(NCC(C)O)nc3ccccc32)c1. The average molecular weight is 353 g/mol. The number of hydrogen-bond acceptors (Lipinski definition) is 4. The van der Waals surface area contributed by atoms with Gasteiger partial charge in [0.25, 0.3) is 0 Å². The number of imidazole rings is 1. The zero-order valence-electron chi connectivity index (χ0n) is 15.7. The molecule has 0 bridgehead atoms. The van der Waals surface area contributed by atoms with Gasteiger partial charge in [-0.15, -0.1) is 0 Å². The van der Waals surface area contributed by atoms with Crippen molar-refractivity contribution in [2.45, 2.75) is 39.8 Å². The second-order valence-electron chi connectivity index (χ2n) is 6.78. The number of anilines is 1. The number of aliphatic hydroxyl groups excluding tert-OH is 1. The van der Waals surface area contributed by atoms with Crippen LogP contribution in [0.15, 0.2) is 42.5 Å². The van der Waals surface area contributed by atoms with Gasteiger partial charge in [0, 0.05) is 13.1 Å². The van der Waals surface area contributed by atoms with Crippen LogP contribution in [0.1, 0.15) is 24.5 Å². The summed E-state index contributed by atoms with van der Waals surface area (Å²) in [6.07, 6.45) is 0.452. The molecule has 0 radical (unpaired) electrons. The van der Waals surface area contributed by atoms with Crippen molar-refractivity contribution in [3.05, 3.63) is 53.6 Å². The van der Waals surface area contributed by atoms with Crippen LogP contribution in [0.3, 0.4) is 0 Å². The molecule has 5 heteroatoms. The van der Waals surface area contributed by atoms with Crippen molar-refractivity contribution < 1.29 is 9.84 Å². The molecule has 1 unspecified atom stereocenters. The highest BCUT2D eigenvalue weighted by Gasteiger charge is 2.10. The van der Waals surface area contributed by atoms with Crippen LogP contribution >= 0.6 is 0 Å². The summed E-state index contributed by atoms with van der Waals surface area (Å²) in [6, 6.07) is 14.4. The lowest BCUT2D eigenvalue weighted by atomic mass is 10.1. The van der Waals surface area contributed by atoms with E-state index in [-0.39, 0.29) is 0 Å².